The molecular weight excluding hydrogens is 709 g/mol. The van der Waals surface area contributed by atoms with Gasteiger partial charge in [-0.05, 0) is 149 Å². The Morgan fingerprint density at radius 2 is 1.16 bits per heavy atom. The Balaban J connectivity index is 0.000000148. The third kappa shape index (κ3) is 7.29. The molecule has 284 valence electrons. The van der Waals surface area contributed by atoms with Crippen molar-refractivity contribution >= 4 is 27.5 Å². The topological polar surface area (TPSA) is 146 Å². The minimum absolute atomic E-state index is 0.0893. The standard InChI is InChI=1S/C23H21N5O.C23H23N5/c1-14-5-3-8-23(25-14)28-22-12-17(11-18(16-9-10-16)19(22)13-24-28)21-7-4-6-20(26-21)15(2)27-29;1-14-5-3-8-23(26-14)28-22-12-17(21-7-4-6-20(27-21)15(2)24)11-18(16-9-10-16)19(22)13-25-28/h3-8,11-13,16,29H,9-10H2,1-2H3;3-8,11-13,15-16H,9-10,24H2,1-2H3/b27-15-;. The Labute approximate surface area is 331 Å². The maximum atomic E-state index is 9.10. The van der Waals surface area contributed by atoms with Gasteiger partial charge in [0.1, 0.15) is 5.71 Å². The van der Waals surface area contributed by atoms with Crippen molar-refractivity contribution in [3.05, 3.63) is 143 Å². The molecule has 57 heavy (non-hydrogen) atoms. The first-order chi connectivity index (χ1) is 27.7. The van der Waals surface area contributed by atoms with Crippen LogP contribution >= 0.6 is 0 Å². The molecule has 3 N–H and O–H groups in total. The van der Waals surface area contributed by atoms with Crippen molar-refractivity contribution < 1.29 is 5.21 Å². The van der Waals surface area contributed by atoms with Crippen molar-refractivity contribution in [2.75, 3.05) is 0 Å². The van der Waals surface area contributed by atoms with Gasteiger partial charge >= 0.3 is 0 Å². The summed E-state index contributed by atoms with van der Waals surface area (Å²) in [5.41, 5.74) is 18.7. The van der Waals surface area contributed by atoms with Crippen molar-refractivity contribution in [1.29, 1.82) is 0 Å². The first kappa shape index (κ1) is 36.1. The second kappa shape index (κ2) is 14.8. The Morgan fingerprint density at radius 3 is 1.63 bits per heavy atom. The lowest BCUT2D eigenvalue weighted by Gasteiger charge is -2.11. The summed E-state index contributed by atoms with van der Waals surface area (Å²) in [7, 11) is 0. The maximum Gasteiger partial charge on any atom is 0.154 e. The fourth-order valence-electron chi connectivity index (χ4n) is 7.44. The molecule has 0 aliphatic heterocycles. The number of fused-ring (bicyclic) bond motifs is 2. The van der Waals surface area contributed by atoms with Gasteiger partial charge in [0, 0.05) is 39.3 Å². The van der Waals surface area contributed by atoms with E-state index in [2.05, 4.69) is 55.7 Å². The monoisotopic (exact) mass is 752 g/mol. The van der Waals surface area contributed by atoms with Gasteiger partial charge in [0.25, 0.3) is 0 Å². The van der Waals surface area contributed by atoms with Crippen molar-refractivity contribution in [2.24, 2.45) is 10.9 Å². The first-order valence-corrected chi connectivity index (χ1v) is 19.5. The van der Waals surface area contributed by atoms with Gasteiger partial charge in [-0.2, -0.15) is 10.2 Å². The van der Waals surface area contributed by atoms with Gasteiger partial charge in [-0.25, -0.2) is 24.3 Å². The molecule has 1 unspecified atom stereocenters. The SMILES string of the molecule is C/C(=N/O)c1cccc(-c2cc(C3CC3)c3cnn(-c4cccc(C)n4)c3c2)n1.Cc1cccc(-n2ncc3c(C4CC4)cc(-c4cccc(C(C)N)n4)cc32)n1. The van der Waals surface area contributed by atoms with Gasteiger partial charge in [-0.15, -0.1) is 0 Å². The summed E-state index contributed by atoms with van der Waals surface area (Å²) in [6, 6.07) is 32.5. The fourth-order valence-corrected chi connectivity index (χ4v) is 7.44. The lowest BCUT2D eigenvalue weighted by Crippen LogP contribution is -2.07. The molecule has 6 heterocycles. The predicted octanol–water partition coefficient (Wildman–Crippen LogP) is 9.55. The molecule has 11 heteroatoms. The molecule has 11 nitrogen and oxygen atoms in total. The molecule has 8 aromatic rings. The second-order valence-corrected chi connectivity index (χ2v) is 15.3. The van der Waals surface area contributed by atoms with Crippen LogP contribution in [0, 0.1) is 13.8 Å². The van der Waals surface area contributed by atoms with E-state index in [1.807, 2.05) is 109 Å². The van der Waals surface area contributed by atoms with Gasteiger partial charge in [0.05, 0.1) is 46.2 Å². The summed E-state index contributed by atoms with van der Waals surface area (Å²) in [6.07, 6.45) is 8.80. The quantitative estimate of drug-likeness (QED) is 0.0887. The highest BCUT2D eigenvalue weighted by Crippen LogP contribution is 2.46. The third-order valence-electron chi connectivity index (χ3n) is 10.8. The minimum atomic E-state index is -0.0893. The first-order valence-electron chi connectivity index (χ1n) is 19.5. The fraction of sp³-hybridized carbons (Fsp3) is 0.239. The summed E-state index contributed by atoms with van der Waals surface area (Å²) in [5.74, 6) is 2.83. The largest absolute Gasteiger partial charge is 0.411 e. The highest BCUT2D eigenvalue weighted by atomic mass is 16.4. The zero-order chi connectivity index (χ0) is 39.2. The van der Waals surface area contributed by atoms with E-state index in [0.29, 0.717) is 23.2 Å². The van der Waals surface area contributed by atoms with Crippen LogP contribution in [0.1, 0.15) is 91.3 Å². The number of aromatic nitrogens is 8. The zero-order valence-electron chi connectivity index (χ0n) is 32.5. The molecule has 0 saturated heterocycles. The third-order valence-corrected chi connectivity index (χ3v) is 10.8. The van der Waals surface area contributed by atoms with E-state index in [4.69, 9.17) is 20.9 Å². The molecule has 2 fully saturated rings. The van der Waals surface area contributed by atoms with Crippen molar-refractivity contribution in [3.8, 4) is 34.2 Å². The number of nitrogens with zero attached hydrogens (tertiary/aromatic N) is 9. The summed E-state index contributed by atoms with van der Waals surface area (Å²) in [5, 5.41) is 24.1. The lowest BCUT2D eigenvalue weighted by atomic mass is 10.00. The number of benzene rings is 2. The van der Waals surface area contributed by atoms with Gasteiger partial charge in [0.15, 0.2) is 11.6 Å². The normalized spacial score (nSPS) is 14.8. The van der Waals surface area contributed by atoms with E-state index in [-0.39, 0.29) is 6.04 Å². The van der Waals surface area contributed by atoms with Gasteiger partial charge in [-0.3, -0.25) is 4.98 Å². The molecule has 2 aliphatic carbocycles. The number of hydrogen-bond donors (Lipinski definition) is 2. The molecule has 2 saturated carbocycles. The van der Waals surface area contributed by atoms with Crippen LogP contribution < -0.4 is 5.73 Å². The lowest BCUT2D eigenvalue weighted by molar-refractivity contribution is 0.319. The minimum Gasteiger partial charge on any atom is -0.411 e. The van der Waals surface area contributed by atoms with Gasteiger partial charge < -0.3 is 10.9 Å². The Morgan fingerprint density at radius 1 is 0.667 bits per heavy atom. The highest BCUT2D eigenvalue weighted by Gasteiger charge is 2.29. The number of rotatable bonds is 8. The van der Waals surface area contributed by atoms with E-state index < -0.39 is 0 Å². The van der Waals surface area contributed by atoms with E-state index in [1.54, 1.807) is 6.92 Å². The van der Waals surface area contributed by atoms with Crippen LogP contribution in [-0.2, 0) is 0 Å². The molecule has 10 rings (SSSR count). The second-order valence-electron chi connectivity index (χ2n) is 15.3. The molecular formula is C46H44N10O. The highest BCUT2D eigenvalue weighted by molar-refractivity contribution is 5.97. The van der Waals surface area contributed by atoms with E-state index in [0.717, 1.165) is 62.3 Å². The summed E-state index contributed by atoms with van der Waals surface area (Å²) >= 11 is 0. The number of hydrogen-bond acceptors (Lipinski definition) is 9. The molecule has 1 atom stereocenters. The average Bonchev–Trinajstić information content (AvgIpc) is 4.17. The number of oxime groups is 1. The van der Waals surface area contributed by atoms with Crippen LogP contribution in [0.3, 0.4) is 0 Å². The van der Waals surface area contributed by atoms with E-state index >= 15 is 0 Å². The average molecular weight is 753 g/mol. The van der Waals surface area contributed by atoms with Crippen LogP contribution in [0.4, 0.5) is 0 Å². The Kier molecular flexibility index (Phi) is 9.38. The molecule has 0 bridgehead atoms. The number of pyridine rings is 4. The van der Waals surface area contributed by atoms with Crippen molar-refractivity contribution in [1.82, 2.24) is 39.5 Å². The molecule has 2 aromatic carbocycles. The smallest absolute Gasteiger partial charge is 0.154 e. The van der Waals surface area contributed by atoms with Crippen LogP contribution in [0.2, 0.25) is 0 Å². The summed E-state index contributed by atoms with van der Waals surface area (Å²) < 4.78 is 3.84. The van der Waals surface area contributed by atoms with Crippen molar-refractivity contribution in [3.63, 3.8) is 0 Å². The van der Waals surface area contributed by atoms with Gasteiger partial charge in [-0.1, -0.05) is 29.4 Å². The van der Waals surface area contributed by atoms with Crippen molar-refractivity contribution in [2.45, 2.75) is 71.3 Å². The summed E-state index contributed by atoms with van der Waals surface area (Å²) in [4.78, 5) is 18.8. The number of nitrogens with two attached hydrogens (primary N) is 1. The maximum absolute atomic E-state index is 9.10. The van der Waals surface area contributed by atoms with E-state index in [9.17, 15) is 0 Å². The van der Waals surface area contributed by atoms with Crippen LogP contribution in [-0.4, -0.2) is 50.4 Å². The number of aryl methyl sites for hydroxylation is 2. The molecule has 0 radical (unpaired) electrons. The van der Waals surface area contributed by atoms with Crippen LogP contribution in [0.5, 0.6) is 0 Å². The Bertz CT molecular complexity index is 2810. The molecule has 2 aliphatic rings. The van der Waals surface area contributed by atoms with Gasteiger partial charge in [0.2, 0.25) is 0 Å². The predicted molar refractivity (Wildman–Crippen MR) is 224 cm³/mol. The molecule has 0 amide bonds. The van der Waals surface area contributed by atoms with E-state index in [1.165, 1.54) is 47.6 Å². The summed E-state index contributed by atoms with van der Waals surface area (Å²) in [6.45, 7) is 7.68. The Hall–Kier alpha value is -6.59. The molecule has 0 spiro atoms. The van der Waals surface area contributed by atoms with Crippen LogP contribution in [0.15, 0.2) is 115 Å². The molecule has 6 aromatic heterocycles. The zero-order valence-corrected chi connectivity index (χ0v) is 32.5. The van der Waals surface area contributed by atoms with Crippen LogP contribution in [0.25, 0.3) is 56.0 Å².